The molecule has 8 heteroatoms. The van der Waals surface area contributed by atoms with Crippen LogP contribution in [-0.2, 0) is 16.0 Å². The highest BCUT2D eigenvalue weighted by Gasteiger charge is 2.23. The van der Waals surface area contributed by atoms with E-state index in [-0.39, 0.29) is 24.8 Å². The van der Waals surface area contributed by atoms with Gasteiger partial charge in [-0.05, 0) is 35.9 Å². The van der Waals surface area contributed by atoms with Crippen molar-refractivity contribution in [2.45, 2.75) is 25.3 Å². The summed E-state index contributed by atoms with van der Waals surface area (Å²) in [5, 5.41) is 12.8. The quantitative estimate of drug-likeness (QED) is 0.512. The largest absolute Gasteiger partial charge is 0.481 e. The number of amides is 1. The van der Waals surface area contributed by atoms with E-state index in [0.29, 0.717) is 21.7 Å². The number of para-hydroxylation sites is 1. The first-order valence-electron chi connectivity index (χ1n) is 9.25. The average Bonchev–Trinajstić information content (AvgIpc) is 2.71. The van der Waals surface area contributed by atoms with Gasteiger partial charge in [-0.2, -0.15) is 0 Å². The van der Waals surface area contributed by atoms with Gasteiger partial charge in [-0.15, -0.1) is 0 Å². The minimum absolute atomic E-state index is 0.0578. The van der Waals surface area contributed by atoms with Gasteiger partial charge in [0.25, 0.3) is 5.91 Å². The molecule has 0 radical (unpaired) electrons. The molecule has 1 amide bonds. The molecule has 1 aromatic heterocycles. The van der Waals surface area contributed by atoms with Gasteiger partial charge in [0.15, 0.2) is 5.78 Å². The van der Waals surface area contributed by atoms with Crippen LogP contribution in [0.2, 0.25) is 5.02 Å². The van der Waals surface area contributed by atoms with Gasteiger partial charge in [0.1, 0.15) is 0 Å². The third kappa shape index (κ3) is 5.33. The van der Waals surface area contributed by atoms with Crippen LogP contribution in [-0.4, -0.2) is 33.8 Å². The predicted octanol–water partition coefficient (Wildman–Crippen LogP) is 2.96. The average molecular weight is 427 g/mol. The van der Waals surface area contributed by atoms with Crippen molar-refractivity contribution in [1.29, 1.82) is 0 Å². The minimum atomic E-state index is -1.10. The first kappa shape index (κ1) is 21.3. The summed E-state index contributed by atoms with van der Waals surface area (Å²) in [4.78, 5) is 51.0. The van der Waals surface area contributed by atoms with Crippen LogP contribution in [0.3, 0.4) is 0 Å². The molecule has 1 heterocycles. The number of benzene rings is 2. The molecule has 0 bridgehead atoms. The van der Waals surface area contributed by atoms with Gasteiger partial charge < -0.3 is 15.4 Å². The van der Waals surface area contributed by atoms with Gasteiger partial charge in [-0.3, -0.25) is 19.2 Å². The van der Waals surface area contributed by atoms with Gasteiger partial charge in [-0.1, -0.05) is 29.8 Å². The van der Waals surface area contributed by atoms with E-state index in [9.17, 15) is 19.2 Å². The molecule has 0 saturated carbocycles. The zero-order chi connectivity index (χ0) is 21.7. The molecule has 0 fully saturated rings. The number of carboxylic acid groups (broad SMARTS) is 1. The highest BCUT2D eigenvalue weighted by Crippen LogP contribution is 2.18. The van der Waals surface area contributed by atoms with E-state index in [1.54, 1.807) is 36.4 Å². The van der Waals surface area contributed by atoms with Crippen molar-refractivity contribution in [2.24, 2.45) is 0 Å². The second kappa shape index (κ2) is 9.37. The van der Waals surface area contributed by atoms with Gasteiger partial charge >= 0.3 is 5.97 Å². The number of H-pyrrole nitrogens is 1. The first-order valence-corrected chi connectivity index (χ1v) is 9.63. The molecule has 0 aliphatic heterocycles. The molecule has 3 N–H and O–H groups in total. The fourth-order valence-electron chi connectivity index (χ4n) is 3.16. The van der Waals surface area contributed by atoms with E-state index in [2.05, 4.69) is 10.3 Å². The zero-order valence-corrected chi connectivity index (χ0v) is 16.6. The van der Waals surface area contributed by atoms with Crippen molar-refractivity contribution in [3.8, 4) is 0 Å². The molecule has 0 spiro atoms. The summed E-state index contributed by atoms with van der Waals surface area (Å²) < 4.78 is 0. The van der Waals surface area contributed by atoms with Crippen LogP contribution in [0.4, 0.5) is 0 Å². The molecule has 3 rings (SSSR count). The Morgan fingerprint density at radius 2 is 1.73 bits per heavy atom. The summed E-state index contributed by atoms with van der Waals surface area (Å²) in [5.74, 6) is -2.02. The number of fused-ring (bicyclic) bond motifs is 1. The molecule has 1 unspecified atom stereocenters. The molecule has 7 nitrogen and oxygen atoms in total. The van der Waals surface area contributed by atoms with Crippen molar-refractivity contribution in [3.05, 3.63) is 81.1 Å². The Kier molecular flexibility index (Phi) is 6.64. The lowest BCUT2D eigenvalue weighted by molar-refractivity contribution is -0.138. The number of Topliss-reactive ketones (excluding diaryl/α,β-unsaturated/α-hetero) is 1. The lowest BCUT2D eigenvalue weighted by Gasteiger charge is -2.19. The Morgan fingerprint density at radius 3 is 2.43 bits per heavy atom. The number of hydrogen-bond donors (Lipinski definition) is 3. The van der Waals surface area contributed by atoms with E-state index < -0.39 is 23.7 Å². The Hall–Kier alpha value is -3.45. The molecular formula is C22H19ClN2O5. The number of halogens is 1. The van der Waals surface area contributed by atoms with Crippen LogP contribution < -0.4 is 10.9 Å². The van der Waals surface area contributed by atoms with Crippen molar-refractivity contribution in [1.82, 2.24) is 10.3 Å². The van der Waals surface area contributed by atoms with Crippen LogP contribution >= 0.6 is 11.6 Å². The maximum absolute atomic E-state index is 12.7. The number of pyridine rings is 1. The summed E-state index contributed by atoms with van der Waals surface area (Å²) in [6.45, 7) is 0. The van der Waals surface area contributed by atoms with Crippen LogP contribution in [0.5, 0.6) is 0 Å². The number of carbonyl (C=O) groups is 3. The summed E-state index contributed by atoms with van der Waals surface area (Å²) in [7, 11) is 0. The van der Waals surface area contributed by atoms with Gasteiger partial charge in [0.05, 0.1) is 12.5 Å². The molecule has 1 atom stereocenters. The maximum Gasteiger partial charge on any atom is 0.303 e. The Balaban J connectivity index is 1.90. The molecule has 0 aliphatic carbocycles. The van der Waals surface area contributed by atoms with E-state index in [1.807, 2.05) is 0 Å². The zero-order valence-electron chi connectivity index (χ0n) is 15.9. The molecule has 3 aromatic rings. The summed E-state index contributed by atoms with van der Waals surface area (Å²) in [6, 6.07) is 13.7. The third-order valence-electron chi connectivity index (χ3n) is 4.65. The van der Waals surface area contributed by atoms with Crippen LogP contribution in [0.25, 0.3) is 10.9 Å². The Labute approximate surface area is 176 Å². The highest BCUT2D eigenvalue weighted by atomic mass is 35.5. The summed E-state index contributed by atoms with van der Waals surface area (Å²) in [5.41, 5.74) is 1.18. The second-order valence-electron chi connectivity index (χ2n) is 6.80. The fraction of sp³-hybridized carbons (Fsp3) is 0.182. The predicted molar refractivity (Wildman–Crippen MR) is 113 cm³/mol. The summed E-state index contributed by atoms with van der Waals surface area (Å²) in [6.07, 6.45) is -0.521. The standard InChI is InChI=1S/C22H19ClN2O5/c23-15-7-5-13(6-8-15)22(30)25-18(19(26)9-10-21(28)29)11-14-12-20(27)24-17-4-2-1-3-16(14)17/h1-8,12,18H,9-11H2,(H,24,27)(H,25,30)(H,28,29). The molecule has 0 aliphatic rings. The van der Waals surface area contributed by atoms with Crippen LogP contribution in [0.1, 0.15) is 28.8 Å². The SMILES string of the molecule is O=C(O)CCC(=O)C(Cc1cc(=O)[nH]c2ccccc12)NC(=O)c1ccc(Cl)cc1. The molecule has 154 valence electrons. The number of aromatic nitrogens is 1. The third-order valence-corrected chi connectivity index (χ3v) is 4.90. The van der Waals surface area contributed by atoms with Gasteiger partial charge in [0, 0.05) is 40.4 Å². The number of carboxylic acids is 1. The molecular weight excluding hydrogens is 408 g/mol. The number of hydrogen-bond acceptors (Lipinski definition) is 4. The number of ketones is 1. The number of nitrogens with one attached hydrogen (secondary N) is 2. The van der Waals surface area contributed by atoms with Crippen LogP contribution in [0, 0.1) is 0 Å². The van der Waals surface area contributed by atoms with E-state index in [4.69, 9.17) is 16.7 Å². The van der Waals surface area contributed by atoms with Crippen molar-refractivity contribution >= 4 is 40.2 Å². The maximum atomic E-state index is 12.7. The number of carbonyl (C=O) groups excluding carboxylic acids is 2. The lowest BCUT2D eigenvalue weighted by atomic mass is 9.96. The van der Waals surface area contributed by atoms with Crippen molar-refractivity contribution in [3.63, 3.8) is 0 Å². The smallest absolute Gasteiger partial charge is 0.303 e. The fourth-order valence-corrected chi connectivity index (χ4v) is 3.28. The van der Waals surface area contributed by atoms with E-state index >= 15 is 0 Å². The molecule has 2 aromatic carbocycles. The topological polar surface area (TPSA) is 116 Å². The lowest BCUT2D eigenvalue weighted by Crippen LogP contribution is -2.42. The van der Waals surface area contributed by atoms with E-state index in [0.717, 1.165) is 5.39 Å². The van der Waals surface area contributed by atoms with Gasteiger partial charge in [-0.25, -0.2) is 0 Å². The number of rotatable bonds is 8. The van der Waals surface area contributed by atoms with E-state index in [1.165, 1.54) is 18.2 Å². The normalized spacial score (nSPS) is 11.8. The van der Waals surface area contributed by atoms with Gasteiger partial charge in [0.2, 0.25) is 5.56 Å². The Bertz CT molecular complexity index is 1150. The summed E-state index contributed by atoms with van der Waals surface area (Å²) >= 11 is 5.85. The minimum Gasteiger partial charge on any atom is -0.481 e. The van der Waals surface area contributed by atoms with Crippen molar-refractivity contribution < 1.29 is 19.5 Å². The van der Waals surface area contributed by atoms with Crippen LogP contribution in [0.15, 0.2) is 59.4 Å². The highest BCUT2D eigenvalue weighted by molar-refractivity contribution is 6.30. The molecule has 30 heavy (non-hydrogen) atoms. The monoisotopic (exact) mass is 426 g/mol. The van der Waals surface area contributed by atoms with Crippen molar-refractivity contribution in [2.75, 3.05) is 0 Å². The second-order valence-corrected chi connectivity index (χ2v) is 7.24. The first-order chi connectivity index (χ1) is 14.3. The molecule has 0 saturated heterocycles. The number of aliphatic carboxylic acids is 1. The Morgan fingerprint density at radius 1 is 1.03 bits per heavy atom. The number of aromatic amines is 1.